The van der Waals surface area contributed by atoms with Gasteiger partial charge in [-0.2, -0.15) is 0 Å². The number of nitrogens with one attached hydrogen (secondary N) is 1. The Hall–Kier alpha value is -3.20. The van der Waals surface area contributed by atoms with Crippen LogP contribution >= 0.6 is 23.2 Å². The van der Waals surface area contributed by atoms with Gasteiger partial charge in [0.2, 0.25) is 0 Å². The largest absolute Gasteiger partial charge is 0.480 e. The summed E-state index contributed by atoms with van der Waals surface area (Å²) < 4.78 is 1.95. The molecular formula is C26H26Cl2N6O2. The van der Waals surface area contributed by atoms with Crippen LogP contribution in [-0.2, 0) is 4.79 Å². The van der Waals surface area contributed by atoms with Gasteiger partial charge in [0.1, 0.15) is 17.7 Å². The Morgan fingerprint density at radius 2 is 1.75 bits per heavy atom. The van der Waals surface area contributed by atoms with E-state index < -0.39 is 11.5 Å². The SMILES string of the molecule is CC(C)NC1(C(=O)O)CCN(c2ncnc3c2nc(-c2ccccc2Cl)n3-c2ccc(Cl)cc2)CC1. The first-order valence-corrected chi connectivity index (χ1v) is 12.5. The van der Waals surface area contributed by atoms with Gasteiger partial charge in [-0.25, -0.2) is 15.0 Å². The first kappa shape index (κ1) is 24.5. The lowest BCUT2D eigenvalue weighted by atomic mass is 9.86. The van der Waals surface area contributed by atoms with Crippen molar-refractivity contribution < 1.29 is 9.90 Å². The Labute approximate surface area is 218 Å². The van der Waals surface area contributed by atoms with Gasteiger partial charge in [0.05, 0.1) is 5.02 Å². The number of aliphatic carboxylic acids is 1. The van der Waals surface area contributed by atoms with Crippen LogP contribution in [0, 0.1) is 0 Å². The van der Waals surface area contributed by atoms with Crippen molar-refractivity contribution in [2.45, 2.75) is 38.3 Å². The first-order valence-electron chi connectivity index (χ1n) is 11.8. The molecular weight excluding hydrogens is 499 g/mol. The summed E-state index contributed by atoms with van der Waals surface area (Å²) in [6.07, 6.45) is 2.41. The lowest BCUT2D eigenvalue weighted by Crippen LogP contribution is -2.60. The van der Waals surface area contributed by atoms with Crippen LogP contribution in [0.1, 0.15) is 26.7 Å². The van der Waals surface area contributed by atoms with Crippen LogP contribution in [0.5, 0.6) is 0 Å². The quantitative estimate of drug-likeness (QED) is 0.357. The molecule has 0 spiro atoms. The summed E-state index contributed by atoms with van der Waals surface area (Å²) in [6.45, 7) is 4.97. The summed E-state index contributed by atoms with van der Waals surface area (Å²) in [4.78, 5) is 28.4. The maximum absolute atomic E-state index is 12.1. The summed E-state index contributed by atoms with van der Waals surface area (Å²) in [5.74, 6) is 0.485. The zero-order chi connectivity index (χ0) is 25.4. The normalized spacial score (nSPS) is 15.5. The number of carbonyl (C=O) groups is 1. The number of anilines is 1. The molecule has 186 valence electrons. The molecule has 1 aliphatic rings. The van der Waals surface area contributed by atoms with Gasteiger partial charge in [0.15, 0.2) is 17.0 Å². The van der Waals surface area contributed by atoms with Crippen LogP contribution in [0.25, 0.3) is 28.2 Å². The number of halogens is 2. The van der Waals surface area contributed by atoms with Crippen LogP contribution in [0.2, 0.25) is 10.0 Å². The molecule has 1 aliphatic heterocycles. The van der Waals surface area contributed by atoms with Gasteiger partial charge in [0.25, 0.3) is 0 Å². The summed E-state index contributed by atoms with van der Waals surface area (Å²) >= 11 is 12.7. The molecule has 2 aromatic heterocycles. The van der Waals surface area contributed by atoms with Crippen LogP contribution in [0.15, 0.2) is 54.9 Å². The number of carboxylic acids is 1. The molecule has 0 aliphatic carbocycles. The predicted molar refractivity (Wildman–Crippen MR) is 142 cm³/mol. The predicted octanol–water partition coefficient (Wildman–Crippen LogP) is 5.21. The molecule has 3 heterocycles. The van der Waals surface area contributed by atoms with Crippen molar-refractivity contribution in [3.63, 3.8) is 0 Å². The third-order valence-electron chi connectivity index (χ3n) is 6.52. The fourth-order valence-electron chi connectivity index (χ4n) is 4.84. The molecule has 2 N–H and O–H groups in total. The Bertz CT molecular complexity index is 1410. The van der Waals surface area contributed by atoms with Crippen LogP contribution in [-0.4, -0.2) is 55.3 Å². The number of imidazole rings is 1. The van der Waals surface area contributed by atoms with Crippen molar-refractivity contribution in [2.24, 2.45) is 0 Å². The second-order valence-corrected chi connectivity index (χ2v) is 10.1. The number of nitrogens with zero attached hydrogens (tertiary/aromatic N) is 5. The number of aromatic nitrogens is 4. The molecule has 1 fully saturated rings. The fourth-order valence-corrected chi connectivity index (χ4v) is 5.19. The van der Waals surface area contributed by atoms with E-state index in [1.807, 2.05) is 66.9 Å². The number of hydrogen-bond acceptors (Lipinski definition) is 6. The number of fused-ring (bicyclic) bond motifs is 1. The van der Waals surface area contributed by atoms with E-state index >= 15 is 0 Å². The average molecular weight is 525 g/mol. The van der Waals surface area contributed by atoms with Crippen molar-refractivity contribution in [3.8, 4) is 17.1 Å². The monoisotopic (exact) mass is 524 g/mol. The van der Waals surface area contributed by atoms with Crippen molar-refractivity contribution in [1.29, 1.82) is 0 Å². The van der Waals surface area contributed by atoms with E-state index in [9.17, 15) is 9.90 Å². The van der Waals surface area contributed by atoms with E-state index in [0.717, 1.165) is 11.3 Å². The van der Waals surface area contributed by atoms with Gasteiger partial charge in [-0.1, -0.05) is 35.3 Å². The highest BCUT2D eigenvalue weighted by Crippen LogP contribution is 2.36. The molecule has 0 amide bonds. The lowest BCUT2D eigenvalue weighted by molar-refractivity contribution is -0.146. The van der Waals surface area contributed by atoms with Crippen LogP contribution in [0.3, 0.4) is 0 Å². The smallest absolute Gasteiger partial charge is 0.324 e. The van der Waals surface area contributed by atoms with Crippen molar-refractivity contribution >= 4 is 46.2 Å². The Morgan fingerprint density at radius 3 is 2.39 bits per heavy atom. The molecule has 10 heteroatoms. The molecule has 0 radical (unpaired) electrons. The second-order valence-electron chi connectivity index (χ2n) is 9.27. The van der Waals surface area contributed by atoms with E-state index in [0.29, 0.717) is 58.8 Å². The van der Waals surface area contributed by atoms with Gasteiger partial charge >= 0.3 is 5.97 Å². The first-order chi connectivity index (χ1) is 17.3. The lowest BCUT2D eigenvalue weighted by Gasteiger charge is -2.41. The molecule has 2 aromatic carbocycles. The van der Waals surface area contributed by atoms with Gasteiger partial charge in [-0.05, 0) is 63.1 Å². The van der Waals surface area contributed by atoms with E-state index in [1.165, 1.54) is 6.33 Å². The Balaban J connectivity index is 1.61. The molecule has 0 atom stereocenters. The maximum Gasteiger partial charge on any atom is 0.324 e. The number of rotatable bonds is 6. The van der Waals surface area contributed by atoms with Gasteiger partial charge in [-0.15, -0.1) is 0 Å². The molecule has 4 aromatic rings. The van der Waals surface area contributed by atoms with Crippen molar-refractivity contribution in [2.75, 3.05) is 18.0 Å². The second kappa shape index (κ2) is 9.69. The molecule has 1 saturated heterocycles. The van der Waals surface area contributed by atoms with E-state index in [4.69, 9.17) is 28.2 Å². The molecule has 8 nitrogen and oxygen atoms in total. The highest BCUT2D eigenvalue weighted by molar-refractivity contribution is 6.33. The van der Waals surface area contributed by atoms with Gasteiger partial charge < -0.3 is 10.0 Å². The maximum atomic E-state index is 12.1. The highest BCUT2D eigenvalue weighted by Gasteiger charge is 2.42. The average Bonchev–Trinajstić information content (AvgIpc) is 3.24. The molecule has 36 heavy (non-hydrogen) atoms. The fraction of sp³-hybridized carbons (Fsp3) is 0.308. The molecule has 0 unspecified atom stereocenters. The van der Waals surface area contributed by atoms with E-state index in [-0.39, 0.29) is 6.04 Å². The topological polar surface area (TPSA) is 96.2 Å². The molecule has 0 saturated carbocycles. The molecule has 0 bridgehead atoms. The van der Waals surface area contributed by atoms with E-state index in [1.54, 1.807) is 0 Å². The van der Waals surface area contributed by atoms with Crippen molar-refractivity contribution in [1.82, 2.24) is 24.8 Å². The summed E-state index contributed by atoms with van der Waals surface area (Å²) in [7, 11) is 0. The highest BCUT2D eigenvalue weighted by atomic mass is 35.5. The van der Waals surface area contributed by atoms with Crippen LogP contribution in [0.4, 0.5) is 5.82 Å². The minimum Gasteiger partial charge on any atom is -0.480 e. The minimum atomic E-state index is -0.956. The third kappa shape index (κ3) is 4.40. The third-order valence-corrected chi connectivity index (χ3v) is 7.10. The van der Waals surface area contributed by atoms with Gasteiger partial charge in [-0.3, -0.25) is 14.7 Å². The van der Waals surface area contributed by atoms with Crippen LogP contribution < -0.4 is 10.2 Å². The standard InChI is InChI=1S/C26H26Cl2N6O2/c1-16(2)32-26(25(35)36)11-13-33(14-12-26)23-21-24(30-15-29-23)34(18-9-7-17(27)8-10-18)22(31-21)19-5-3-4-6-20(19)28/h3-10,15-16,32H,11-14H2,1-2H3,(H,35,36). The zero-order valence-corrected chi connectivity index (χ0v) is 21.5. The zero-order valence-electron chi connectivity index (χ0n) is 19.9. The van der Waals surface area contributed by atoms with Gasteiger partial charge in [0, 0.05) is 35.4 Å². The number of carboxylic acid groups (broad SMARTS) is 1. The summed E-state index contributed by atoms with van der Waals surface area (Å²) in [5.41, 5.74) is 1.91. The van der Waals surface area contributed by atoms with Crippen molar-refractivity contribution in [3.05, 3.63) is 64.9 Å². The number of hydrogen-bond donors (Lipinski definition) is 2. The van der Waals surface area contributed by atoms with E-state index in [2.05, 4.69) is 20.2 Å². The number of benzene rings is 2. The summed E-state index contributed by atoms with van der Waals surface area (Å²) in [5, 5.41) is 14.4. The Kier molecular flexibility index (Phi) is 6.59. The molecule has 5 rings (SSSR count). The number of piperidine rings is 1. The Morgan fingerprint density at radius 1 is 1.06 bits per heavy atom. The summed E-state index contributed by atoms with van der Waals surface area (Å²) in [6, 6.07) is 15.0. The minimum absolute atomic E-state index is 0.0617.